The predicted octanol–water partition coefficient (Wildman–Crippen LogP) is 0.719. The van der Waals surface area contributed by atoms with Crippen LogP contribution in [0.15, 0.2) is 0 Å². The lowest BCUT2D eigenvalue weighted by atomic mass is 10.1. The second-order valence-electron chi connectivity index (χ2n) is 5.00. The Kier molecular flexibility index (Phi) is 2.70. The van der Waals surface area contributed by atoms with Crippen molar-refractivity contribution in [2.45, 2.75) is 37.3 Å². The molecule has 0 saturated carbocycles. The van der Waals surface area contributed by atoms with Crippen molar-refractivity contribution in [1.29, 1.82) is 0 Å². The van der Waals surface area contributed by atoms with Crippen LogP contribution in [0.2, 0.25) is 0 Å². The molecule has 2 saturated heterocycles. The number of likely N-dealkylation sites (N-methyl/N-ethyl adjacent to an activating group) is 1. The molecule has 2 aliphatic rings. The van der Waals surface area contributed by atoms with E-state index in [4.69, 9.17) is 4.74 Å². The van der Waals surface area contributed by atoms with Crippen LogP contribution in [0.3, 0.4) is 0 Å². The first-order valence-corrected chi connectivity index (χ1v) is 6.74. The summed E-state index contributed by atoms with van der Waals surface area (Å²) in [6, 6.07) is 0.559. The lowest BCUT2D eigenvalue weighted by Crippen LogP contribution is -2.50. The van der Waals surface area contributed by atoms with E-state index in [2.05, 4.69) is 14.1 Å². The average Bonchev–Trinajstić information content (AvgIpc) is 2.56. The maximum absolute atomic E-state index is 11.5. The van der Waals surface area contributed by atoms with E-state index in [1.54, 1.807) is 0 Å². The molecule has 4 atom stereocenters. The zero-order valence-corrected chi connectivity index (χ0v) is 10.0. The van der Waals surface area contributed by atoms with E-state index in [0.29, 0.717) is 6.04 Å². The van der Waals surface area contributed by atoms with Crippen LogP contribution in [0.25, 0.3) is 0 Å². The molecule has 2 rings (SSSR count). The second-order valence-corrected chi connectivity index (χ2v) is 6.76. The molecular formula is C10H20NO2S+. The average molecular weight is 218 g/mol. The highest BCUT2D eigenvalue weighted by Crippen LogP contribution is 2.30. The smallest absolute Gasteiger partial charge is 0.130 e. The van der Waals surface area contributed by atoms with Crippen molar-refractivity contribution in [2.75, 3.05) is 26.4 Å². The molecule has 2 heterocycles. The van der Waals surface area contributed by atoms with Crippen molar-refractivity contribution in [3.63, 3.8) is 0 Å². The van der Waals surface area contributed by atoms with E-state index < -0.39 is 10.8 Å². The van der Waals surface area contributed by atoms with Gasteiger partial charge in [0.2, 0.25) is 0 Å². The van der Waals surface area contributed by atoms with Gasteiger partial charge in [0.05, 0.1) is 37.2 Å². The van der Waals surface area contributed by atoms with Crippen LogP contribution in [0.1, 0.15) is 19.8 Å². The van der Waals surface area contributed by atoms with E-state index in [1.165, 1.54) is 19.4 Å². The molecular weight excluding hydrogens is 198 g/mol. The first kappa shape index (κ1) is 10.6. The molecule has 82 valence electrons. The van der Waals surface area contributed by atoms with E-state index in [0.717, 1.165) is 10.2 Å². The molecule has 0 aromatic heterocycles. The summed E-state index contributed by atoms with van der Waals surface area (Å²) in [6.07, 6.45) is 2.73. The number of ether oxygens (including phenoxy) is 1. The Hall–Kier alpha value is 0.0700. The molecule has 0 amide bonds. The first-order chi connectivity index (χ1) is 6.50. The minimum atomic E-state index is -0.759. The summed E-state index contributed by atoms with van der Waals surface area (Å²) in [6.45, 7) is 3.15. The monoisotopic (exact) mass is 218 g/mol. The van der Waals surface area contributed by atoms with Crippen molar-refractivity contribution < 1.29 is 13.4 Å². The largest absolute Gasteiger partial charge is 0.355 e. The van der Waals surface area contributed by atoms with E-state index in [1.807, 2.05) is 6.92 Å². The van der Waals surface area contributed by atoms with Crippen LogP contribution < -0.4 is 0 Å². The van der Waals surface area contributed by atoms with Crippen LogP contribution in [0.5, 0.6) is 0 Å². The third kappa shape index (κ3) is 1.75. The fraction of sp³-hybridized carbons (Fsp3) is 1.00. The van der Waals surface area contributed by atoms with Gasteiger partial charge in [0.15, 0.2) is 0 Å². The predicted molar refractivity (Wildman–Crippen MR) is 57.3 cm³/mol. The molecule has 2 aliphatic heterocycles. The molecule has 1 unspecified atom stereocenters. The van der Waals surface area contributed by atoms with Gasteiger partial charge in [-0.05, 0) is 6.92 Å². The Balaban J connectivity index is 2.06. The topological polar surface area (TPSA) is 26.3 Å². The van der Waals surface area contributed by atoms with E-state index in [9.17, 15) is 4.21 Å². The van der Waals surface area contributed by atoms with Crippen LogP contribution in [-0.4, -0.2) is 52.7 Å². The third-order valence-corrected chi connectivity index (χ3v) is 5.14. The molecule has 0 spiro atoms. The Labute approximate surface area is 88.5 Å². The van der Waals surface area contributed by atoms with E-state index in [-0.39, 0.29) is 11.5 Å². The summed E-state index contributed by atoms with van der Waals surface area (Å²) in [5.41, 5.74) is -0.0550. The van der Waals surface area contributed by atoms with Gasteiger partial charge in [-0.3, -0.25) is 4.21 Å². The van der Waals surface area contributed by atoms with Gasteiger partial charge < -0.3 is 9.22 Å². The van der Waals surface area contributed by atoms with Crippen molar-refractivity contribution in [2.24, 2.45) is 0 Å². The van der Waals surface area contributed by atoms with Crippen LogP contribution >= 0.6 is 0 Å². The van der Waals surface area contributed by atoms with Crippen molar-refractivity contribution in [3.05, 3.63) is 0 Å². The minimum absolute atomic E-state index is 0.0550. The highest BCUT2D eigenvalue weighted by atomic mass is 32.2. The minimum Gasteiger partial charge on any atom is -0.355 e. The Morgan fingerprint density at radius 3 is 2.57 bits per heavy atom. The zero-order chi connectivity index (χ0) is 10.3. The fourth-order valence-electron chi connectivity index (χ4n) is 2.71. The van der Waals surface area contributed by atoms with Crippen LogP contribution in [0.4, 0.5) is 0 Å². The van der Waals surface area contributed by atoms with Crippen molar-refractivity contribution in [1.82, 2.24) is 0 Å². The second kappa shape index (κ2) is 3.58. The summed E-state index contributed by atoms with van der Waals surface area (Å²) < 4.78 is 18.3. The number of nitrogens with zero attached hydrogens (tertiary/aromatic N) is 1. The SMILES string of the molecule is C[C@H]1O[C@@H]([C@@H]2CCC[N+]2(C)C)CS1=O. The molecule has 14 heavy (non-hydrogen) atoms. The molecule has 2 fully saturated rings. The molecule has 3 nitrogen and oxygen atoms in total. The summed E-state index contributed by atoms with van der Waals surface area (Å²) in [7, 11) is 3.75. The zero-order valence-electron chi connectivity index (χ0n) is 9.23. The van der Waals surface area contributed by atoms with Gasteiger partial charge in [-0.1, -0.05) is 0 Å². The van der Waals surface area contributed by atoms with Crippen LogP contribution in [0, 0.1) is 0 Å². The normalized spacial score (nSPS) is 47.1. The van der Waals surface area contributed by atoms with Crippen LogP contribution in [-0.2, 0) is 15.5 Å². The first-order valence-electron chi connectivity index (χ1n) is 5.36. The molecule has 0 radical (unpaired) electrons. The maximum Gasteiger partial charge on any atom is 0.130 e. The fourth-order valence-corrected chi connectivity index (χ4v) is 3.87. The molecule has 0 N–H and O–H groups in total. The molecule has 4 heteroatoms. The van der Waals surface area contributed by atoms with Gasteiger partial charge in [0.1, 0.15) is 17.6 Å². The Bertz CT molecular complexity index is 255. The van der Waals surface area contributed by atoms with Gasteiger partial charge in [0, 0.05) is 12.8 Å². The van der Waals surface area contributed by atoms with E-state index >= 15 is 0 Å². The molecule has 0 aromatic carbocycles. The number of rotatable bonds is 1. The Morgan fingerprint density at radius 1 is 1.43 bits per heavy atom. The summed E-state index contributed by atoms with van der Waals surface area (Å²) in [5.74, 6) is 0.744. The lowest BCUT2D eigenvalue weighted by Gasteiger charge is -2.34. The summed E-state index contributed by atoms with van der Waals surface area (Å²) >= 11 is 0. The van der Waals surface area contributed by atoms with Gasteiger partial charge in [-0.2, -0.15) is 0 Å². The Morgan fingerprint density at radius 2 is 2.14 bits per heavy atom. The number of likely N-dealkylation sites (tertiary alicyclic amines) is 1. The van der Waals surface area contributed by atoms with Crippen molar-refractivity contribution in [3.8, 4) is 0 Å². The summed E-state index contributed by atoms with van der Waals surface area (Å²) in [5, 5.41) is 0. The lowest BCUT2D eigenvalue weighted by molar-refractivity contribution is -0.905. The number of quaternary nitrogens is 1. The van der Waals surface area contributed by atoms with Gasteiger partial charge in [-0.15, -0.1) is 0 Å². The molecule has 0 bridgehead atoms. The quantitative estimate of drug-likeness (QED) is 0.606. The highest BCUT2D eigenvalue weighted by Gasteiger charge is 2.45. The van der Waals surface area contributed by atoms with Crippen molar-refractivity contribution >= 4 is 10.8 Å². The highest BCUT2D eigenvalue weighted by molar-refractivity contribution is 7.85. The maximum atomic E-state index is 11.5. The van der Waals surface area contributed by atoms with Gasteiger partial charge in [-0.25, -0.2) is 0 Å². The summed E-state index contributed by atoms with van der Waals surface area (Å²) in [4.78, 5) is 0. The van der Waals surface area contributed by atoms with Gasteiger partial charge in [0.25, 0.3) is 0 Å². The standard InChI is InChI=1S/C10H20NO2S/c1-8-13-10(7-14(8)12)9-5-4-6-11(9,2)3/h8-10H,4-7H2,1-3H3/q+1/t8-,9-,10+,14?/m0/s1. The van der Waals surface area contributed by atoms with Gasteiger partial charge >= 0.3 is 0 Å². The number of hydrogen-bond acceptors (Lipinski definition) is 2. The molecule has 0 aliphatic carbocycles. The number of hydrogen-bond donors (Lipinski definition) is 0. The third-order valence-electron chi connectivity index (χ3n) is 3.63. The molecule has 0 aromatic rings.